The van der Waals surface area contributed by atoms with Crippen molar-refractivity contribution in [2.45, 2.75) is 50.9 Å². The molecule has 0 aromatic carbocycles. The predicted octanol–water partition coefficient (Wildman–Crippen LogP) is 0.0586. The van der Waals surface area contributed by atoms with E-state index < -0.39 is 6.10 Å². The molecule has 6 heteroatoms. The molecule has 1 amide bonds. The van der Waals surface area contributed by atoms with Gasteiger partial charge in [-0.2, -0.15) is 0 Å². The Morgan fingerprint density at radius 1 is 1.27 bits per heavy atom. The zero-order chi connectivity index (χ0) is 15.9. The van der Waals surface area contributed by atoms with Gasteiger partial charge in [0.05, 0.1) is 18.8 Å². The lowest BCUT2D eigenvalue weighted by atomic mass is 10.1. The second-order valence-electron chi connectivity index (χ2n) is 6.60. The molecule has 0 aliphatic carbocycles. The van der Waals surface area contributed by atoms with Crippen LogP contribution in [0.5, 0.6) is 0 Å². The van der Waals surface area contributed by atoms with E-state index in [4.69, 9.17) is 4.74 Å². The summed E-state index contributed by atoms with van der Waals surface area (Å²) >= 11 is 0. The van der Waals surface area contributed by atoms with E-state index in [0.29, 0.717) is 13.0 Å². The molecule has 22 heavy (non-hydrogen) atoms. The number of aliphatic hydroxyl groups is 1. The van der Waals surface area contributed by atoms with Crippen molar-refractivity contribution in [2.24, 2.45) is 0 Å². The SMILES string of the molecule is CCCCCC(=O)NC1COC(CN2CCN(C)CC2)C1O. The highest BCUT2D eigenvalue weighted by atomic mass is 16.5. The van der Waals surface area contributed by atoms with Crippen molar-refractivity contribution in [2.75, 3.05) is 46.4 Å². The van der Waals surface area contributed by atoms with Crippen molar-refractivity contribution in [1.82, 2.24) is 15.1 Å². The fourth-order valence-corrected chi connectivity index (χ4v) is 3.07. The Hall–Kier alpha value is -0.690. The molecule has 3 atom stereocenters. The number of rotatable bonds is 7. The van der Waals surface area contributed by atoms with Gasteiger partial charge in [-0.1, -0.05) is 19.8 Å². The third kappa shape index (κ3) is 5.19. The minimum Gasteiger partial charge on any atom is -0.388 e. The van der Waals surface area contributed by atoms with Crippen LogP contribution in [0.4, 0.5) is 0 Å². The fraction of sp³-hybridized carbons (Fsp3) is 0.938. The number of nitrogens with one attached hydrogen (secondary N) is 1. The van der Waals surface area contributed by atoms with Gasteiger partial charge in [-0.3, -0.25) is 9.69 Å². The first-order valence-electron chi connectivity index (χ1n) is 8.60. The molecule has 0 radical (unpaired) electrons. The van der Waals surface area contributed by atoms with Crippen LogP contribution in [0.25, 0.3) is 0 Å². The number of hydrogen-bond acceptors (Lipinski definition) is 5. The zero-order valence-corrected chi connectivity index (χ0v) is 14.0. The van der Waals surface area contributed by atoms with E-state index in [0.717, 1.165) is 52.0 Å². The van der Waals surface area contributed by atoms with E-state index >= 15 is 0 Å². The Morgan fingerprint density at radius 2 is 2.00 bits per heavy atom. The molecule has 2 rings (SSSR count). The first kappa shape index (κ1) is 17.7. The van der Waals surface area contributed by atoms with Crippen molar-refractivity contribution in [1.29, 1.82) is 0 Å². The van der Waals surface area contributed by atoms with Gasteiger partial charge in [0.2, 0.25) is 5.91 Å². The summed E-state index contributed by atoms with van der Waals surface area (Å²) in [5, 5.41) is 13.3. The Balaban J connectivity index is 1.70. The Kier molecular flexibility index (Phi) is 7.08. The summed E-state index contributed by atoms with van der Waals surface area (Å²) in [5.41, 5.74) is 0. The number of nitrogens with zero attached hydrogens (tertiary/aromatic N) is 2. The van der Waals surface area contributed by atoms with Gasteiger partial charge < -0.3 is 20.1 Å². The molecule has 2 saturated heterocycles. The van der Waals surface area contributed by atoms with Crippen LogP contribution in [0, 0.1) is 0 Å². The molecule has 128 valence electrons. The van der Waals surface area contributed by atoms with Gasteiger partial charge in [-0.15, -0.1) is 0 Å². The van der Waals surface area contributed by atoms with Crippen molar-refractivity contribution in [3.8, 4) is 0 Å². The van der Waals surface area contributed by atoms with Crippen molar-refractivity contribution in [3.05, 3.63) is 0 Å². The van der Waals surface area contributed by atoms with Crippen LogP contribution in [0.2, 0.25) is 0 Å². The summed E-state index contributed by atoms with van der Waals surface area (Å²) in [6.45, 7) is 7.42. The van der Waals surface area contributed by atoms with Gasteiger partial charge >= 0.3 is 0 Å². The highest BCUT2D eigenvalue weighted by Crippen LogP contribution is 2.17. The predicted molar refractivity (Wildman–Crippen MR) is 85.8 cm³/mol. The minimum absolute atomic E-state index is 0.0290. The molecule has 0 aromatic heterocycles. The van der Waals surface area contributed by atoms with Gasteiger partial charge in [0, 0.05) is 39.1 Å². The van der Waals surface area contributed by atoms with Crippen LogP contribution in [0.15, 0.2) is 0 Å². The molecule has 0 saturated carbocycles. The zero-order valence-electron chi connectivity index (χ0n) is 14.0. The average molecular weight is 313 g/mol. The Bertz CT molecular complexity index is 346. The monoisotopic (exact) mass is 313 g/mol. The van der Waals surface area contributed by atoms with Crippen molar-refractivity contribution in [3.63, 3.8) is 0 Å². The molecule has 0 spiro atoms. The molecule has 2 aliphatic rings. The van der Waals surface area contributed by atoms with Gasteiger partial charge in [0.15, 0.2) is 0 Å². The summed E-state index contributed by atoms with van der Waals surface area (Å²) in [6, 6.07) is -0.258. The number of ether oxygens (including phenoxy) is 1. The highest BCUT2D eigenvalue weighted by molar-refractivity contribution is 5.76. The topological polar surface area (TPSA) is 65.0 Å². The number of amides is 1. The van der Waals surface area contributed by atoms with Crippen molar-refractivity contribution >= 4 is 5.91 Å². The van der Waals surface area contributed by atoms with E-state index in [1.807, 2.05) is 0 Å². The number of carbonyl (C=O) groups excluding carboxylic acids is 1. The average Bonchev–Trinajstić information content (AvgIpc) is 2.83. The second-order valence-corrected chi connectivity index (χ2v) is 6.60. The Morgan fingerprint density at radius 3 is 2.68 bits per heavy atom. The molecule has 0 bridgehead atoms. The molecule has 2 fully saturated rings. The molecular formula is C16H31N3O3. The molecule has 6 nitrogen and oxygen atoms in total. The summed E-state index contributed by atoms with van der Waals surface area (Å²) in [4.78, 5) is 16.5. The number of piperazine rings is 1. The van der Waals surface area contributed by atoms with Crippen LogP contribution in [-0.2, 0) is 9.53 Å². The first-order chi connectivity index (χ1) is 10.6. The van der Waals surface area contributed by atoms with Gasteiger partial charge in [0.25, 0.3) is 0 Å². The van der Waals surface area contributed by atoms with E-state index in [1.54, 1.807) is 0 Å². The van der Waals surface area contributed by atoms with Crippen LogP contribution >= 0.6 is 0 Å². The van der Waals surface area contributed by atoms with E-state index in [-0.39, 0.29) is 18.1 Å². The fourth-order valence-electron chi connectivity index (χ4n) is 3.07. The maximum Gasteiger partial charge on any atom is 0.220 e. The van der Waals surface area contributed by atoms with Gasteiger partial charge in [-0.05, 0) is 13.5 Å². The molecule has 2 heterocycles. The smallest absolute Gasteiger partial charge is 0.220 e. The molecule has 2 aliphatic heterocycles. The lowest BCUT2D eigenvalue weighted by molar-refractivity contribution is -0.122. The van der Waals surface area contributed by atoms with Crippen LogP contribution in [0.3, 0.4) is 0 Å². The normalized spacial score (nSPS) is 30.6. The first-order valence-corrected chi connectivity index (χ1v) is 8.60. The number of likely N-dealkylation sites (N-methyl/N-ethyl adjacent to an activating group) is 1. The lowest BCUT2D eigenvalue weighted by Gasteiger charge is -2.34. The highest BCUT2D eigenvalue weighted by Gasteiger charge is 2.37. The number of carbonyl (C=O) groups is 1. The standard InChI is InChI=1S/C16H31N3O3/c1-3-4-5-6-15(20)17-13-12-22-14(16(13)21)11-19-9-7-18(2)8-10-19/h13-14,16,21H,3-12H2,1-2H3,(H,17,20). The third-order valence-electron chi connectivity index (χ3n) is 4.67. The molecule has 3 unspecified atom stereocenters. The lowest BCUT2D eigenvalue weighted by Crippen LogP contribution is -2.50. The van der Waals surface area contributed by atoms with Gasteiger partial charge in [0.1, 0.15) is 6.10 Å². The minimum atomic E-state index is -0.602. The summed E-state index contributed by atoms with van der Waals surface area (Å²) < 4.78 is 5.71. The van der Waals surface area contributed by atoms with Crippen LogP contribution in [0.1, 0.15) is 32.6 Å². The second kappa shape index (κ2) is 8.82. The summed E-state index contributed by atoms with van der Waals surface area (Å²) in [7, 11) is 2.13. The van der Waals surface area contributed by atoms with E-state index in [1.165, 1.54) is 0 Å². The molecular weight excluding hydrogens is 282 g/mol. The summed E-state index contributed by atoms with van der Waals surface area (Å²) in [6.07, 6.45) is 2.84. The number of hydrogen-bond donors (Lipinski definition) is 2. The maximum atomic E-state index is 11.9. The largest absolute Gasteiger partial charge is 0.388 e. The van der Waals surface area contributed by atoms with E-state index in [9.17, 15) is 9.90 Å². The molecule has 2 N–H and O–H groups in total. The molecule has 0 aromatic rings. The number of unbranched alkanes of at least 4 members (excludes halogenated alkanes) is 2. The summed E-state index contributed by atoms with van der Waals surface area (Å²) in [5.74, 6) is 0.0290. The van der Waals surface area contributed by atoms with Gasteiger partial charge in [-0.25, -0.2) is 0 Å². The van der Waals surface area contributed by atoms with Crippen LogP contribution in [-0.4, -0.2) is 85.4 Å². The maximum absolute atomic E-state index is 11.9. The quantitative estimate of drug-likeness (QED) is 0.651. The van der Waals surface area contributed by atoms with E-state index in [2.05, 4.69) is 29.1 Å². The van der Waals surface area contributed by atoms with Crippen molar-refractivity contribution < 1.29 is 14.6 Å². The number of aliphatic hydroxyl groups excluding tert-OH is 1. The third-order valence-corrected chi connectivity index (χ3v) is 4.67. The van der Waals surface area contributed by atoms with Crippen LogP contribution < -0.4 is 5.32 Å². The Labute approximate surface area is 133 Å².